The minimum Gasteiger partial charge on any atom is -0.397 e. The van der Waals surface area contributed by atoms with Gasteiger partial charge in [0, 0.05) is 36.1 Å². The van der Waals surface area contributed by atoms with Crippen molar-refractivity contribution in [3.05, 3.63) is 0 Å². The van der Waals surface area contributed by atoms with Gasteiger partial charge in [-0.15, -0.1) is 23.2 Å². The molecule has 2 saturated carbocycles. The third-order valence-corrected chi connectivity index (χ3v) is 10.8. The summed E-state index contributed by atoms with van der Waals surface area (Å²) in [5, 5.41) is 0.504. The van der Waals surface area contributed by atoms with Crippen LogP contribution < -0.4 is 0 Å². The number of halogens is 2. The lowest BCUT2D eigenvalue weighted by atomic mass is 9.99. The van der Waals surface area contributed by atoms with Crippen LogP contribution in [0.3, 0.4) is 0 Å². The molecule has 0 spiro atoms. The highest BCUT2D eigenvalue weighted by Gasteiger charge is 2.54. The summed E-state index contributed by atoms with van der Waals surface area (Å²) in [6.07, 6.45) is 9.31. The van der Waals surface area contributed by atoms with E-state index in [4.69, 9.17) is 32.1 Å². The predicted molar refractivity (Wildman–Crippen MR) is 83.5 cm³/mol. The second-order valence-corrected chi connectivity index (χ2v) is 11.0. The van der Waals surface area contributed by atoms with E-state index in [1.807, 2.05) is 14.2 Å². The van der Waals surface area contributed by atoms with Crippen molar-refractivity contribution in [2.75, 3.05) is 14.2 Å². The molecule has 19 heavy (non-hydrogen) atoms. The van der Waals surface area contributed by atoms with Crippen LogP contribution >= 0.6 is 23.2 Å². The largest absolute Gasteiger partial charge is 0.397 e. The molecule has 0 aromatic carbocycles. The molecule has 0 amide bonds. The standard InChI is InChI=1S/C14H26Cl2O2Si/c1-17-19(18-2,12-7-5-6-11(15)10-12)14-9-4-3-8-13(14)16/h11-14H,3-10H2,1-2H3. The minimum absolute atomic E-state index is 0.219. The summed E-state index contributed by atoms with van der Waals surface area (Å²) in [7, 11) is 1.39. The van der Waals surface area contributed by atoms with Crippen LogP contribution in [0.2, 0.25) is 11.1 Å². The lowest BCUT2D eigenvalue weighted by Gasteiger charge is -2.46. The first kappa shape index (κ1) is 16.1. The summed E-state index contributed by atoms with van der Waals surface area (Å²) in [5.74, 6) is 0. The fourth-order valence-electron chi connectivity index (χ4n) is 4.06. The molecule has 2 aliphatic rings. The molecule has 2 rings (SSSR count). The maximum Gasteiger partial charge on any atom is 0.345 e. The lowest BCUT2D eigenvalue weighted by molar-refractivity contribution is 0.195. The molecule has 0 N–H and O–H groups in total. The van der Waals surface area contributed by atoms with Crippen LogP contribution in [-0.4, -0.2) is 33.5 Å². The number of alkyl halides is 2. The molecule has 0 heterocycles. The monoisotopic (exact) mass is 324 g/mol. The maximum atomic E-state index is 6.62. The lowest BCUT2D eigenvalue weighted by Crippen LogP contribution is -2.54. The van der Waals surface area contributed by atoms with Gasteiger partial charge in [-0.25, -0.2) is 0 Å². The van der Waals surface area contributed by atoms with Gasteiger partial charge in [0.25, 0.3) is 0 Å². The van der Waals surface area contributed by atoms with E-state index < -0.39 is 8.56 Å². The molecule has 112 valence electrons. The first-order valence-electron chi connectivity index (χ1n) is 7.52. The van der Waals surface area contributed by atoms with E-state index in [2.05, 4.69) is 0 Å². The number of rotatable bonds is 4. The zero-order valence-electron chi connectivity index (χ0n) is 12.0. The fourth-order valence-corrected chi connectivity index (χ4v) is 9.92. The van der Waals surface area contributed by atoms with Gasteiger partial charge in [0.1, 0.15) is 0 Å². The summed E-state index contributed by atoms with van der Waals surface area (Å²) in [6.45, 7) is 0. The predicted octanol–water partition coefficient (Wildman–Crippen LogP) is 4.82. The number of hydrogen-bond donors (Lipinski definition) is 0. The third kappa shape index (κ3) is 3.32. The Bertz CT molecular complexity index is 287. The smallest absolute Gasteiger partial charge is 0.345 e. The van der Waals surface area contributed by atoms with Crippen molar-refractivity contribution in [3.8, 4) is 0 Å². The van der Waals surface area contributed by atoms with Crippen molar-refractivity contribution in [2.45, 2.75) is 73.2 Å². The van der Waals surface area contributed by atoms with Crippen LogP contribution in [0.25, 0.3) is 0 Å². The Hall–Kier alpha value is 0.717. The summed E-state index contributed by atoms with van der Waals surface area (Å²) >= 11 is 13.0. The molecule has 0 saturated heterocycles. The average Bonchev–Trinajstić information content (AvgIpc) is 2.43. The Labute approximate surface area is 128 Å². The molecule has 2 aliphatic carbocycles. The second kappa shape index (κ2) is 7.12. The van der Waals surface area contributed by atoms with Gasteiger partial charge in [0.15, 0.2) is 0 Å². The molecule has 0 aromatic rings. The van der Waals surface area contributed by atoms with Crippen LogP contribution in [0.5, 0.6) is 0 Å². The van der Waals surface area contributed by atoms with Crippen molar-refractivity contribution < 1.29 is 8.85 Å². The fraction of sp³-hybridized carbons (Fsp3) is 1.00. The SMILES string of the molecule is CO[Si](OC)(C1CCCC(Cl)C1)C1CCCCC1Cl. The molecule has 0 aromatic heterocycles. The molecule has 0 aliphatic heterocycles. The molecule has 2 nitrogen and oxygen atoms in total. The van der Waals surface area contributed by atoms with Crippen LogP contribution in [-0.2, 0) is 8.85 Å². The topological polar surface area (TPSA) is 18.5 Å². The van der Waals surface area contributed by atoms with Crippen molar-refractivity contribution in [1.29, 1.82) is 0 Å². The second-order valence-electron chi connectivity index (χ2n) is 6.00. The zero-order chi connectivity index (χ0) is 13.9. The average molecular weight is 325 g/mol. The molecule has 0 radical (unpaired) electrons. The Morgan fingerprint density at radius 1 is 0.895 bits per heavy atom. The molecular formula is C14H26Cl2O2Si. The normalized spacial score (nSPS) is 37.3. The minimum atomic E-state index is -2.26. The molecule has 2 fully saturated rings. The van der Waals surface area contributed by atoms with Gasteiger partial charge in [0.2, 0.25) is 0 Å². The molecule has 0 bridgehead atoms. The van der Waals surface area contributed by atoms with Gasteiger partial charge < -0.3 is 8.85 Å². The highest BCUT2D eigenvalue weighted by molar-refractivity contribution is 6.71. The van der Waals surface area contributed by atoms with Crippen LogP contribution in [0.15, 0.2) is 0 Å². The van der Waals surface area contributed by atoms with E-state index in [9.17, 15) is 0 Å². The van der Waals surface area contributed by atoms with Gasteiger partial charge in [-0.1, -0.05) is 19.3 Å². The molecule has 5 heteroatoms. The van der Waals surface area contributed by atoms with E-state index in [0.717, 1.165) is 25.7 Å². The number of hydrogen-bond acceptors (Lipinski definition) is 2. The van der Waals surface area contributed by atoms with Crippen molar-refractivity contribution >= 4 is 31.8 Å². The third-order valence-electron chi connectivity index (χ3n) is 5.02. The van der Waals surface area contributed by atoms with E-state index in [-0.39, 0.29) is 10.8 Å². The highest BCUT2D eigenvalue weighted by Crippen LogP contribution is 2.50. The van der Waals surface area contributed by atoms with Crippen molar-refractivity contribution in [3.63, 3.8) is 0 Å². The van der Waals surface area contributed by atoms with Gasteiger partial charge in [-0.05, 0) is 32.1 Å². The van der Waals surface area contributed by atoms with Crippen LogP contribution in [0.1, 0.15) is 51.4 Å². The highest BCUT2D eigenvalue weighted by atomic mass is 35.5. The molecular weight excluding hydrogens is 299 g/mol. The van der Waals surface area contributed by atoms with Crippen molar-refractivity contribution in [2.24, 2.45) is 0 Å². The van der Waals surface area contributed by atoms with E-state index in [0.29, 0.717) is 11.1 Å². The Morgan fingerprint density at radius 2 is 1.58 bits per heavy atom. The Morgan fingerprint density at radius 3 is 2.16 bits per heavy atom. The quantitative estimate of drug-likeness (QED) is 0.545. The summed E-state index contributed by atoms with van der Waals surface area (Å²) in [5.41, 5.74) is 0.924. The van der Waals surface area contributed by atoms with Gasteiger partial charge in [0.05, 0.1) is 0 Å². The van der Waals surface area contributed by atoms with Crippen LogP contribution in [0.4, 0.5) is 0 Å². The molecule has 4 unspecified atom stereocenters. The van der Waals surface area contributed by atoms with E-state index in [1.54, 1.807) is 0 Å². The van der Waals surface area contributed by atoms with Crippen molar-refractivity contribution in [1.82, 2.24) is 0 Å². The van der Waals surface area contributed by atoms with Gasteiger partial charge in [-0.2, -0.15) is 0 Å². The maximum absolute atomic E-state index is 6.62. The first-order valence-corrected chi connectivity index (χ1v) is 10.4. The van der Waals surface area contributed by atoms with Gasteiger partial charge >= 0.3 is 8.56 Å². The first-order chi connectivity index (χ1) is 9.14. The van der Waals surface area contributed by atoms with Crippen LogP contribution in [0, 0.1) is 0 Å². The zero-order valence-corrected chi connectivity index (χ0v) is 14.6. The molecule has 4 atom stereocenters. The van der Waals surface area contributed by atoms with E-state index >= 15 is 0 Å². The Balaban J connectivity index is 2.19. The summed E-state index contributed by atoms with van der Waals surface area (Å²) in [4.78, 5) is 0. The summed E-state index contributed by atoms with van der Waals surface area (Å²) in [6, 6.07) is 0. The van der Waals surface area contributed by atoms with Gasteiger partial charge in [-0.3, -0.25) is 0 Å². The van der Waals surface area contributed by atoms with E-state index in [1.165, 1.54) is 25.7 Å². The summed E-state index contributed by atoms with van der Waals surface area (Å²) < 4.78 is 12.1. The Kier molecular flexibility index (Phi) is 6.03.